The van der Waals surface area contributed by atoms with Gasteiger partial charge in [0.1, 0.15) is 11.5 Å². The van der Waals surface area contributed by atoms with Crippen molar-refractivity contribution in [2.24, 2.45) is 0 Å². The number of hydrogen-bond acceptors (Lipinski definition) is 5. The Morgan fingerprint density at radius 2 is 1.77 bits per heavy atom. The fourth-order valence-electron chi connectivity index (χ4n) is 5.42. The molecule has 0 spiro atoms. The number of halogens is 2. The quantitative estimate of drug-likeness (QED) is 0.234. The molecule has 3 aromatic carbocycles. The van der Waals surface area contributed by atoms with Crippen molar-refractivity contribution in [2.75, 3.05) is 18.4 Å². The van der Waals surface area contributed by atoms with E-state index in [1.807, 2.05) is 19.1 Å². The lowest BCUT2D eigenvalue weighted by Gasteiger charge is -2.23. The van der Waals surface area contributed by atoms with Crippen LogP contribution in [0.5, 0.6) is 0 Å². The first-order chi connectivity index (χ1) is 19.5. The van der Waals surface area contributed by atoms with Crippen molar-refractivity contribution in [2.45, 2.75) is 32.2 Å². The zero-order chi connectivity index (χ0) is 27.6. The van der Waals surface area contributed by atoms with Crippen LogP contribution in [0.25, 0.3) is 33.3 Å². The first-order valence-electron chi connectivity index (χ1n) is 13.5. The lowest BCUT2D eigenvalue weighted by Crippen LogP contribution is -2.26. The Balaban J connectivity index is 1.31. The molecule has 1 aliphatic rings. The molecular formula is C32H29ClFN5O. The van der Waals surface area contributed by atoms with Gasteiger partial charge in [-0.05, 0) is 80.2 Å². The third kappa shape index (κ3) is 5.10. The van der Waals surface area contributed by atoms with Gasteiger partial charge in [-0.25, -0.2) is 9.37 Å². The summed E-state index contributed by atoms with van der Waals surface area (Å²) in [4.78, 5) is 22.8. The number of fused-ring (bicyclic) bond motifs is 1. The van der Waals surface area contributed by atoms with Crippen molar-refractivity contribution < 1.29 is 4.39 Å². The molecule has 0 saturated carbocycles. The van der Waals surface area contributed by atoms with Crippen molar-refractivity contribution in [3.63, 3.8) is 0 Å². The van der Waals surface area contributed by atoms with Gasteiger partial charge in [-0.3, -0.25) is 9.36 Å². The lowest BCUT2D eigenvalue weighted by molar-refractivity contribution is 0.460. The van der Waals surface area contributed by atoms with Gasteiger partial charge in [-0.2, -0.15) is 4.98 Å². The summed E-state index contributed by atoms with van der Waals surface area (Å²) >= 11 is 6.65. The molecule has 1 saturated heterocycles. The normalized spacial score (nSPS) is 14.0. The molecule has 1 fully saturated rings. The van der Waals surface area contributed by atoms with Gasteiger partial charge in [0.15, 0.2) is 0 Å². The Morgan fingerprint density at radius 3 is 2.50 bits per heavy atom. The number of rotatable bonds is 6. The second-order valence-corrected chi connectivity index (χ2v) is 10.4. The molecule has 5 aromatic rings. The van der Waals surface area contributed by atoms with E-state index in [4.69, 9.17) is 16.6 Å². The summed E-state index contributed by atoms with van der Waals surface area (Å²) in [7, 11) is 0. The maximum atomic E-state index is 14.3. The second-order valence-electron chi connectivity index (χ2n) is 10.0. The average Bonchev–Trinajstić information content (AvgIpc) is 2.98. The SMILES string of the molecule is CCn1c(=O)c(-c2ccc(-c3ccccc3F)cc2Cl)cc2cnc(Nc3ccc(C4CCNCC4)cc3)nc21. The summed E-state index contributed by atoms with van der Waals surface area (Å²) in [6.45, 7) is 4.45. The van der Waals surface area contributed by atoms with Crippen molar-refractivity contribution in [3.8, 4) is 22.3 Å². The van der Waals surface area contributed by atoms with E-state index < -0.39 is 0 Å². The molecule has 202 valence electrons. The molecule has 0 bridgehead atoms. The Kier molecular flexibility index (Phi) is 7.32. The zero-order valence-corrected chi connectivity index (χ0v) is 22.9. The molecule has 1 aliphatic heterocycles. The van der Waals surface area contributed by atoms with Crippen LogP contribution >= 0.6 is 11.6 Å². The predicted molar refractivity (Wildman–Crippen MR) is 160 cm³/mol. The van der Waals surface area contributed by atoms with E-state index in [2.05, 4.69) is 27.8 Å². The summed E-state index contributed by atoms with van der Waals surface area (Å²) < 4.78 is 15.9. The van der Waals surface area contributed by atoms with Gasteiger partial charge >= 0.3 is 0 Å². The van der Waals surface area contributed by atoms with Gasteiger partial charge in [0.05, 0.1) is 0 Å². The molecule has 6 rings (SSSR count). The lowest BCUT2D eigenvalue weighted by atomic mass is 9.90. The van der Waals surface area contributed by atoms with Crippen LogP contribution in [-0.4, -0.2) is 27.6 Å². The minimum atomic E-state index is -0.329. The van der Waals surface area contributed by atoms with Crippen LogP contribution in [0.2, 0.25) is 5.02 Å². The van der Waals surface area contributed by atoms with Crippen LogP contribution in [0.1, 0.15) is 31.2 Å². The fourth-order valence-corrected chi connectivity index (χ4v) is 5.71. The van der Waals surface area contributed by atoms with E-state index in [9.17, 15) is 9.18 Å². The van der Waals surface area contributed by atoms with Crippen molar-refractivity contribution in [1.29, 1.82) is 0 Å². The minimum absolute atomic E-state index is 0.202. The van der Waals surface area contributed by atoms with Gasteiger partial charge in [-0.1, -0.05) is 54.1 Å². The first-order valence-corrected chi connectivity index (χ1v) is 13.9. The molecule has 0 amide bonds. The third-order valence-electron chi connectivity index (χ3n) is 7.56. The summed E-state index contributed by atoms with van der Waals surface area (Å²) in [6, 6.07) is 22.0. The summed E-state index contributed by atoms with van der Waals surface area (Å²) in [5, 5.41) is 7.77. The predicted octanol–water partition coefficient (Wildman–Crippen LogP) is 7.15. The number of pyridine rings is 1. The molecule has 40 heavy (non-hydrogen) atoms. The molecule has 0 radical (unpaired) electrons. The molecule has 6 nitrogen and oxygen atoms in total. The highest BCUT2D eigenvalue weighted by Gasteiger charge is 2.17. The van der Waals surface area contributed by atoms with E-state index in [1.165, 1.54) is 11.6 Å². The van der Waals surface area contributed by atoms with Crippen LogP contribution in [0, 0.1) is 5.82 Å². The molecule has 0 unspecified atom stereocenters. The largest absolute Gasteiger partial charge is 0.324 e. The molecule has 2 aromatic heterocycles. The van der Waals surface area contributed by atoms with Crippen LogP contribution in [0.15, 0.2) is 83.8 Å². The van der Waals surface area contributed by atoms with Crippen LogP contribution in [-0.2, 0) is 6.54 Å². The molecule has 0 atom stereocenters. The van der Waals surface area contributed by atoms with E-state index in [1.54, 1.807) is 53.2 Å². The van der Waals surface area contributed by atoms with Gasteiger partial charge < -0.3 is 10.6 Å². The molecule has 0 aliphatic carbocycles. The van der Waals surface area contributed by atoms with Crippen LogP contribution in [0.4, 0.5) is 16.0 Å². The first kappa shape index (κ1) is 26.2. The third-order valence-corrected chi connectivity index (χ3v) is 7.88. The molecule has 2 N–H and O–H groups in total. The number of hydrogen-bond donors (Lipinski definition) is 2. The summed E-state index contributed by atoms with van der Waals surface area (Å²) in [5.74, 6) is 0.679. The zero-order valence-electron chi connectivity index (χ0n) is 22.1. The number of nitrogens with zero attached hydrogens (tertiary/aromatic N) is 3. The molecule has 8 heteroatoms. The van der Waals surface area contributed by atoms with E-state index in [0.29, 0.717) is 51.3 Å². The topological polar surface area (TPSA) is 71.8 Å². The Morgan fingerprint density at radius 1 is 1.00 bits per heavy atom. The minimum Gasteiger partial charge on any atom is -0.324 e. The van der Waals surface area contributed by atoms with Gasteiger partial charge in [-0.15, -0.1) is 0 Å². The van der Waals surface area contributed by atoms with E-state index in [0.717, 1.165) is 37.0 Å². The number of nitrogens with one attached hydrogen (secondary N) is 2. The average molecular weight is 554 g/mol. The van der Waals surface area contributed by atoms with Crippen LogP contribution in [0.3, 0.4) is 0 Å². The van der Waals surface area contributed by atoms with E-state index in [-0.39, 0.29) is 11.4 Å². The van der Waals surface area contributed by atoms with Crippen molar-refractivity contribution >= 4 is 34.3 Å². The van der Waals surface area contributed by atoms with Crippen LogP contribution < -0.4 is 16.2 Å². The molecular weight excluding hydrogens is 525 g/mol. The maximum Gasteiger partial charge on any atom is 0.260 e. The molecule has 3 heterocycles. The monoisotopic (exact) mass is 553 g/mol. The van der Waals surface area contributed by atoms with Gasteiger partial charge in [0.2, 0.25) is 5.95 Å². The second kappa shape index (κ2) is 11.2. The smallest absolute Gasteiger partial charge is 0.260 e. The number of aryl methyl sites for hydroxylation is 1. The Bertz CT molecular complexity index is 1750. The fraction of sp³-hybridized carbons (Fsp3) is 0.219. The Labute approximate surface area is 236 Å². The van der Waals surface area contributed by atoms with Gasteiger partial charge in [0.25, 0.3) is 5.56 Å². The van der Waals surface area contributed by atoms with Crippen molar-refractivity contribution in [3.05, 3.63) is 106 Å². The number of aromatic nitrogens is 3. The highest BCUT2D eigenvalue weighted by molar-refractivity contribution is 6.33. The van der Waals surface area contributed by atoms with E-state index >= 15 is 0 Å². The maximum absolute atomic E-state index is 14.3. The van der Waals surface area contributed by atoms with Gasteiger partial charge in [0, 0.05) is 45.5 Å². The standard InChI is InChI=1S/C32H29ClFN5O/c1-2-39-30-23(19-36-32(38-30)37-24-10-7-20(8-11-24)21-13-15-35-16-14-21)17-27(31(39)40)26-12-9-22(18-28(26)33)25-5-3-4-6-29(25)34/h3-12,17-19,21,35H,2,13-16H2,1H3,(H,36,37,38). The number of anilines is 2. The summed E-state index contributed by atoms with van der Waals surface area (Å²) in [5.41, 5.74) is 4.69. The van der Waals surface area contributed by atoms with Crippen molar-refractivity contribution in [1.82, 2.24) is 19.9 Å². The number of benzene rings is 3. The highest BCUT2D eigenvalue weighted by Crippen LogP contribution is 2.33. The summed E-state index contributed by atoms with van der Waals surface area (Å²) in [6.07, 6.45) is 4.01. The Hall–Kier alpha value is -4.07. The number of piperidine rings is 1. The highest BCUT2D eigenvalue weighted by atomic mass is 35.5.